The van der Waals surface area contributed by atoms with E-state index in [0.717, 1.165) is 25.3 Å². The lowest BCUT2D eigenvalue weighted by molar-refractivity contribution is 0.192. The standard InChI is InChI=1S/C13H17N3O3/c1-16(2)7-10-3-4-11(18-10)13-14-12(15-19-13)9-5-6-17-8-9/h3-4,9H,5-8H2,1-2H3. The summed E-state index contributed by atoms with van der Waals surface area (Å²) >= 11 is 0. The van der Waals surface area contributed by atoms with Gasteiger partial charge in [0.05, 0.1) is 13.2 Å². The minimum Gasteiger partial charge on any atom is -0.455 e. The fourth-order valence-corrected chi connectivity index (χ4v) is 2.13. The normalized spacial score (nSPS) is 19.4. The molecule has 0 saturated carbocycles. The van der Waals surface area contributed by atoms with Crippen LogP contribution in [0.5, 0.6) is 0 Å². The van der Waals surface area contributed by atoms with Crippen molar-refractivity contribution in [3.8, 4) is 11.7 Å². The van der Waals surface area contributed by atoms with Gasteiger partial charge in [-0.25, -0.2) is 0 Å². The highest BCUT2D eigenvalue weighted by atomic mass is 16.5. The van der Waals surface area contributed by atoms with E-state index in [2.05, 4.69) is 10.1 Å². The number of aromatic nitrogens is 2. The quantitative estimate of drug-likeness (QED) is 0.839. The van der Waals surface area contributed by atoms with E-state index in [1.54, 1.807) is 0 Å². The van der Waals surface area contributed by atoms with Gasteiger partial charge in [0.1, 0.15) is 5.76 Å². The number of nitrogens with zero attached hydrogens (tertiary/aromatic N) is 3. The highest BCUT2D eigenvalue weighted by Gasteiger charge is 2.24. The molecule has 1 aliphatic heterocycles. The Kier molecular flexibility index (Phi) is 3.35. The molecule has 6 nitrogen and oxygen atoms in total. The molecule has 1 atom stereocenters. The van der Waals surface area contributed by atoms with Crippen molar-refractivity contribution >= 4 is 0 Å². The summed E-state index contributed by atoms with van der Waals surface area (Å²) in [6.45, 7) is 2.18. The van der Waals surface area contributed by atoms with Crippen LogP contribution in [0.3, 0.4) is 0 Å². The van der Waals surface area contributed by atoms with Crippen LogP contribution >= 0.6 is 0 Å². The van der Waals surface area contributed by atoms with Crippen LogP contribution in [0.15, 0.2) is 21.1 Å². The molecule has 0 N–H and O–H groups in total. The van der Waals surface area contributed by atoms with Gasteiger partial charge in [-0.05, 0) is 32.6 Å². The van der Waals surface area contributed by atoms with Gasteiger partial charge in [0, 0.05) is 12.5 Å². The van der Waals surface area contributed by atoms with Crippen molar-refractivity contribution in [2.24, 2.45) is 0 Å². The fraction of sp³-hybridized carbons (Fsp3) is 0.538. The average molecular weight is 263 g/mol. The Balaban J connectivity index is 1.76. The molecule has 19 heavy (non-hydrogen) atoms. The minimum atomic E-state index is 0.244. The Morgan fingerprint density at radius 3 is 3.00 bits per heavy atom. The molecule has 0 bridgehead atoms. The van der Waals surface area contributed by atoms with Crippen LogP contribution < -0.4 is 0 Å². The van der Waals surface area contributed by atoms with Crippen LogP contribution in [0.4, 0.5) is 0 Å². The van der Waals surface area contributed by atoms with Gasteiger partial charge >= 0.3 is 0 Å². The molecule has 0 aromatic carbocycles. The van der Waals surface area contributed by atoms with Gasteiger partial charge in [-0.15, -0.1) is 0 Å². The van der Waals surface area contributed by atoms with Gasteiger partial charge in [0.2, 0.25) is 0 Å². The van der Waals surface area contributed by atoms with Gasteiger partial charge in [0.25, 0.3) is 5.89 Å². The lowest BCUT2D eigenvalue weighted by Crippen LogP contribution is -2.09. The first-order valence-corrected chi connectivity index (χ1v) is 6.37. The first-order valence-electron chi connectivity index (χ1n) is 6.37. The predicted molar refractivity (Wildman–Crippen MR) is 67.6 cm³/mol. The molecule has 2 aromatic rings. The molecule has 1 fully saturated rings. The van der Waals surface area contributed by atoms with Crippen LogP contribution in [0.1, 0.15) is 23.9 Å². The van der Waals surface area contributed by atoms with Crippen LogP contribution in [-0.4, -0.2) is 42.3 Å². The third-order valence-corrected chi connectivity index (χ3v) is 3.08. The average Bonchev–Trinajstić information content (AvgIpc) is 3.09. The number of ether oxygens (including phenoxy) is 1. The lowest BCUT2D eigenvalue weighted by Gasteiger charge is -2.05. The van der Waals surface area contributed by atoms with E-state index in [4.69, 9.17) is 13.7 Å². The highest BCUT2D eigenvalue weighted by Crippen LogP contribution is 2.26. The van der Waals surface area contributed by atoms with E-state index in [-0.39, 0.29) is 5.92 Å². The first-order chi connectivity index (χ1) is 9.22. The van der Waals surface area contributed by atoms with Gasteiger partial charge in [-0.1, -0.05) is 5.16 Å². The zero-order valence-electron chi connectivity index (χ0n) is 11.1. The first kappa shape index (κ1) is 12.4. The minimum absolute atomic E-state index is 0.244. The molecule has 6 heteroatoms. The molecule has 102 valence electrons. The van der Waals surface area contributed by atoms with Crippen LogP contribution in [-0.2, 0) is 11.3 Å². The molecular formula is C13H17N3O3. The summed E-state index contributed by atoms with van der Waals surface area (Å²) in [6, 6.07) is 3.79. The van der Waals surface area contributed by atoms with E-state index in [9.17, 15) is 0 Å². The Bertz CT molecular complexity index is 541. The second-order valence-electron chi connectivity index (χ2n) is 5.02. The van der Waals surface area contributed by atoms with Crippen molar-refractivity contribution in [2.45, 2.75) is 18.9 Å². The number of hydrogen-bond donors (Lipinski definition) is 0. The van der Waals surface area contributed by atoms with Crippen LogP contribution in [0.2, 0.25) is 0 Å². The maximum Gasteiger partial charge on any atom is 0.293 e. The molecule has 0 spiro atoms. The summed E-state index contributed by atoms with van der Waals surface area (Å²) in [6.07, 6.45) is 0.947. The van der Waals surface area contributed by atoms with Crippen molar-refractivity contribution in [3.05, 3.63) is 23.7 Å². The Morgan fingerprint density at radius 1 is 1.37 bits per heavy atom. The lowest BCUT2D eigenvalue weighted by atomic mass is 10.1. The van der Waals surface area contributed by atoms with Crippen molar-refractivity contribution < 1.29 is 13.7 Å². The third kappa shape index (κ3) is 2.69. The summed E-state index contributed by atoms with van der Waals surface area (Å²) in [5, 5.41) is 4.01. The number of rotatable bonds is 4. The largest absolute Gasteiger partial charge is 0.455 e. The monoisotopic (exact) mass is 263 g/mol. The Labute approximate surface area is 111 Å². The van der Waals surface area contributed by atoms with Crippen molar-refractivity contribution in [1.82, 2.24) is 15.0 Å². The second-order valence-corrected chi connectivity index (χ2v) is 5.02. The van der Waals surface area contributed by atoms with E-state index < -0.39 is 0 Å². The van der Waals surface area contributed by atoms with E-state index in [1.165, 1.54) is 0 Å². The van der Waals surface area contributed by atoms with Crippen molar-refractivity contribution in [2.75, 3.05) is 27.3 Å². The van der Waals surface area contributed by atoms with Crippen LogP contribution in [0.25, 0.3) is 11.7 Å². The maximum atomic E-state index is 5.69. The van der Waals surface area contributed by atoms with Crippen LogP contribution in [0, 0.1) is 0 Å². The topological polar surface area (TPSA) is 64.5 Å². The zero-order chi connectivity index (χ0) is 13.2. The third-order valence-electron chi connectivity index (χ3n) is 3.08. The Morgan fingerprint density at radius 2 is 2.26 bits per heavy atom. The predicted octanol–water partition coefficient (Wildman–Crippen LogP) is 1.90. The number of hydrogen-bond acceptors (Lipinski definition) is 6. The molecule has 3 rings (SSSR count). The summed E-state index contributed by atoms with van der Waals surface area (Å²) in [7, 11) is 3.99. The van der Waals surface area contributed by atoms with E-state index >= 15 is 0 Å². The van der Waals surface area contributed by atoms with Gasteiger partial charge < -0.3 is 18.6 Å². The molecule has 0 amide bonds. The molecule has 0 radical (unpaired) electrons. The molecule has 2 aromatic heterocycles. The number of furan rings is 1. The molecule has 0 aliphatic carbocycles. The zero-order valence-corrected chi connectivity index (χ0v) is 11.1. The molecular weight excluding hydrogens is 246 g/mol. The van der Waals surface area contributed by atoms with E-state index in [1.807, 2.05) is 31.1 Å². The molecule has 1 aliphatic rings. The Hall–Kier alpha value is -1.66. The SMILES string of the molecule is CN(C)Cc1ccc(-c2nc(C3CCOC3)no2)o1. The van der Waals surface area contributed by atoms with Crippen molar-refractivity contribution in [1.29, 1.82) is 0 Å². The van der Waals surface area contributed by atoms with Crippen molar-refractivity contribution in [3.63, 3.8) is 0 Å². The maximum absolute atomic E-state index is 5.69. The highest BCUT2D eigenvalue weighted by molar-refractivity contribution is 5.44. The molecule has 1 unspecified atom stereocenters. The second kappa shape index (κ2) is 5.14. The summed E-state index contributed by atoms with van der Waals surface area (Å²) in [5.74, 6) is 2.89. The molecule has 3 heterocycles. The van der Waals surface area contributed by atoms with E-state index in [0.29, 0.717) is 24.1 Å². The summed E-state index contributed by atoms with van der Waals surface area (Å²) in [4.78, 5) is 6.43. The summed E-state index contributed by atoms with van der Waals surface area (Å²) in [5.41, 5.74) is 0. The van der Waals surface area contributed by atoms with Gasteiger partial charge in [-0.3, -0.25) is 0 Å². The van der Waals surface area contributed by atoms with Gasteiger partial charge in [-0.2, -0.15) is 4.98 Å². The van der Waals surface area contributed by atoms with Gasteiger partial charge in [0.15, 0.2) is 11.6 Å². The molecule has 1 saturated heterocycles. The smallest absolute Gasteiger partial charge is 0.293 e. The fourth-order valence-electron chi connectivity index (χ4n) is 2.13. The summed E-state index contributed by atoms with van der Waals surface area (Å²) < 4.78 is 16.3.